The molecule has 0 atom stereocenters. The Hall–Kier alpha value is -1.37. The zero-order chi connectivity index (χ0) is 14.8. The molecule has 0 aliphatic rings. The van der Waals surface area contributed by atoms with E-state index in [0.717, 1.165) is 5.76 Å². The summed E-state index contributed by atoms with van der Waals surface area (Å²) in [7, 11) is 5.08. The molecule has 1 rings (SSSR count). The largest absolute Gasteiger partial charge is 0.467 e. The third kappa shape index (κ3) is 6.18. The van der Waals surface area contributed by atoms with E-state index in [1.165, 1.54) is 0 Å². The lowest BCUT2D eigenvalue weighted by Gasteiger charge is -2.24. The maximum absolute atomic E-state index is 12.2. The van der Waals surface area contributed by atoms with E-state index in [1.807, 2.05) is 17.0 Å². The van der Waals surface area contributed by atoms with Crippen molar-refractivity contribution in [2.45, 2.75) is 6.54 Å². The summed E-state index contributed by atoms with van der Waals surface area (Å²) in [6.45, 7) is 3.44. The van der Waals surface area contributed by atoms with Crippen molar-refractivity contribution in [3.05, 3.63) is 24.2 Å². The van der Waals surface area contributed by atoms with Crippen molar-refractivity contribution in [1.82, 2.24) is 9.80 Å². The van der Waals surface area contributed by atoms with E-state index < -0.39 is 0 Å². The number of carbonyl (C=O) groups is 1. The van der Waals surface area contributed by atoms with Crippen molar-refractivity contribution < 1.29 is 18.7 Å². The fraction of sp³-hybridized carbons (Fsp3) is 0.643. The first-order valence-corrected chi connectivity index (χ1v) is 6.64. The Morgan fingerprint density at radius 1 is 1.25 bits per heavy atom. The van der Waals surface area contributed by atoms with Crippen LogP contribution in [0, 0.1) is 0 Å². The van der Waals surface area contributed by atoms with Gasteiger partial charge in [0.05, 0.1) is 32.6 Å². The van der Waals surface area contributed by atoms with Gasteiger partial charge in [-0.05, 0) is 12.1 Å². The molecule has 6 nitrogen and oxygen atoms in total. The quantitative estimate of drug-likeness (QED) is 0.637. The molecule has 0 bridgehead atoms. The SMILES string of the molecule is COCCN(CCOC)CC(=O)N(C)Cc1ccco1. The van der Waals surface area contributed by atoms with Crippen molar-refractivity contribution in [2.75, 3.05) is 54.1 Å². The molecular formula is C14H24N2O4. The minimum Gasteiger partial charge on any atom is -0.467 e. The molecule has 0 N–H and O–H groups in total. The van der Waals surface area contributed by atoms with Gasteiger partial charge in [0.1, 0.15) is 5.76 Å². The van der Waals surface area contributed by atoms with Gasteiger partial charge in [-0.2, -0.15) is 0 Å². The average Bonchev–Trinajstić information content (AvgIpc) is 2.94. The summed E-state index contributed by atoms with van der Waals surface area (Å²) < 4.78 is 15.4. The first kappa shape index (κ1) is 16.7. The highest BCUT2D eigenvalue weighted by Gasteiger charge is 2.15. The van der Waals surface area contributed by atoms with Gasteiger partial charge in [0.15, 0.2) is 0 Å². The highest BCUT2D eigenvalue weighted by Crippen LogP contribution is 2.04. The molecule has 0 aliphatic carbocycles. The van der Waals surface area contributed by atoms with Crippen LogP contribution in [0.3, 0.4) is 0 Å². The molecule has 0 saturated carbocycles. The third-order valence-corrected chi connectivity index (χ3v) is 2.98. The lowest BCUT2D eigenvalue weighted by Crippen LogP contribution is -2.40. The topological polar surface area (TPSA) is 55.2 Å². The second kappa shape index (κ2) is 9.52. The van der Waals surface area contributed by atoms with Crippen LogP contribution in [0.4, 0.5) is 0 Å². The molecule has 6 heteroatoms. The Kier molecular flexibility index (Phi) is 7.94. The summed E-state index contributed by atoms with van der Waals surface area (Å²) in [6.07, 6.45) is 1.61. The van der Waals surface area contributed by atoms with Crippen LogP contribution < -0.4 is 0 Å². The molecule has 1 amide bonds. The Bertz CT molecular complexity index is 359. The minimum atomic E-state index is 0.0496. The monoisotopic (exact) mass is 284 g/mol. The van der Waals surface area contributed by atoms with Crippen LogP contribution in [0.5, 0.6) is 0 Å². The van der Waals surface area contributed by atoms with Gasteiger partial charge >= 0.3 is 0 Å². The number of nitrogens with zero attached hydrogens (tertiary/aromatic N) is 2. The molecule has 20 heavy (non-hydrogen) atoms. The Morgan fingerprint density at radius 2 is 1.90 bits per heavy atom. The molecule has 1 aromatic heterocycles. The van der Waals surface area contributed by atoms with Crippen LogP contribution in [0.2, 0.25) is 0 Å². The van der Waals surface area contributed by atoms with Gasteiger partial charge in [-0.15, -0.1) is 0 Å². The fourth-order valence-corrected chi connectivity index (χ4v) is 1.75. The second-order valence-corrected chi connectivity index (χ2v) is 4.59. The van der Waals surface area contributed by atoms with Gasteiger partial charge in [-0.3, -0.25) is 9.69 Å². The number of likely N-dealkylation sites (N-methyl/N-ethyl adjacent to an activating group) is 1. The lowest BCUT2D eigenvalue weighted by molar-refractivity contribution is -0.132. The Morgan fingerprint density at radius 3 is 2.40 bits per heavy atom. The van der Waals surface area contributed by atoms with Crippen LogP contribution in [0.1, 0.15) is 5.76 Å². The summed E-state index contributed by atoms with van der Waals surface area (Å²) in [5.74, 6) is 0.829. The molecule has 0 saturated heterocycles. The van der Waals surface area contributed by atoms with Gasteiger partial charge in [-0.1, -0.05) is 0 Å². The lowest BCUT2D eigenvalue weighted by atomic mass is 10.3. The van der Waals surface area contributed by atoms with E-state index in [-0.39, 0.29) is 5.91 Å². The van der Waals surface area contributed by atoms with Crippen molar-refractivity contribution in [1.29, 1.82) is 0 Å². The zero-order valence-corrected chi connectivity index (χ0v) is 12.5. The van der Waals surface area contributed by atoms with Crippen molar-refractivity contribution in [3.63, 3.8) is 0 Å². The highest BCUT2D eigenvalue weighted by atomic mass is 16.5. The van der Waals surface area contributed by atoms with Crippen LogP contribution in [-0.2, 0) is 20.8 Å². The fourth-order valence-electron chi connectivity index (χ4n) is 1.75. The summed E-state index contributed by atoms with van der Waals surface area (Å²) in [5, 5.41) is 0. The van der Waals surface area contributed by atoms with E-state index in [0.29, 0.717) is 39.4 Å². The molecule has 0 fully saturated rings. The molecule has 114 valence electrons. The van der Waals surface area contributed by atoms with Gasteiger partial charge in [0.25, 0.3) is 0 Å². The zero-order valence-electron chi connectivity index (χ0n) is 12.5. The summed E-state index contributed by atoms with van der Waals surface area (Å²) in [4.78, 5) is 15.8. The van der Waals surface area contributed by atoms with Crippen LogP contribution in [0.15, 0.2) is 22.8 Å². The van der Waals surface area contributed by atoms with Crippen LogP contribution >= 0.6 is 0 Å². The second-order valence-electron chi connectivity index (χ2n) is 4.59. The Labute approximate surface area is 120 Å². The first-order valence-electron chi connectivity index (χ1n) is 6.64. The van der Waals surface area contributed by atoms with Crippen molar-refractivity contribution in [2.24, 2.45) is 0 Å². The van der Waals surface area contributed by atoms with E-state index in [4.69, 9.17) is 13.9 Å². The molecule has 0 unspecified atom stereocenters. The van der Waals surface area contributed by atoms with Crippen LogP contribution in [0.25, 0.3) is 0 Å². The molecule has 0 aliphatic heterocycles. The number of furan rings is 1. The van der Waals surface area contributed by atoms with Gasteiger partial charge in [-0.25, -0.2) is 0 Å². The number of ether oxygens (including phenoxy) is 2. The van der Waals surface area contributed by atoms with Gasteiger partial charge < -0.3 is 18.8 Å². The van der Waals surface area contributed by atoms with E-state index >= 15 is 0 Å². The summed E-state index contributed by atoms with van der Waals surface area (Å²) >= 11 is 0. The number of rotatable bonds is 10. The van der Waals surface area contributed by atoms with Crippen molar-refractivity contribution in [3.8, 4) is 0 Å². The van der Waals surface area contributed by atoms with Gasteiger partial charge in [0, 0.05) is 34.4 Å². The van der Waals surface area contributed by atoms with E-state index in [9.17, 15) is 4.79 Å². The predicted octanol–water partition coefficient (Wildman–Crippen LogP) is 0.833. The van der Waals surface area contributed by atoms with E-state index in [1.54, 1.807) is 32.4 Å². The normalized spacial score (nSPS) is 11.0. The third-order valence-electron chi connectivity index (χ3n) is 2.98. The molecule has 1 heterocycles. The molecule has 0 aromatic carbocycles. The molecule has 0 spiro atoms. The number of methoxy groups -OCH3 is 2. The maximum Gasteiger partial charge on any atom is 0.236 e. The smallest absolute Gasteiger partial charge is 0.236 e. The minimum absolute atomic E-state index is 0.0496. The van der Waals surface area contributed by atoms with Crippen molar-refractivity contribution >= 4 is 5.91 Å². The predicted molar refractivity (Wildman–Crippen MR) is 75.4 cm³/mol. The molecular weight excluding hydrogens is 260 g/mol. The highest BCUT2D eigenvalue weighted by molar-refractivity contribution is 5.77. The Balaban J connectivity index is 2.42. The van der Waals surface area contributed by atoms with E-state index in [2.05, 4.69) is 0 Å². The molecule has 0 radical (unpaired) electrons. The first-order chi connectivity index (χ1) is 9.67. The average molecular weight is 284 g/mol. The number of carbonyl (C=O) groups excluding carboxylic acids is 1. The standard InChI is InChI=1S/C14H24N2O4/c1-15(11-13-5-4-8-20-13)14(17)12-16(6-9-18-2)7-10-19-3/h4-5,8H,6-7,9-12H2,1-3H3. The molecule has 1 aromatic rings. The summed E-state index contributed by atoms with van der Waals surface area (Å²) in [6, 6.07) is 3.68. The number of hydrogen-bond donors (Lipinski definition) is 0. The number of amides is 1. The maximum atomic E-state index is 12.2. The summed E-state index contributed by atoms with van der Waals surface area (Å²) in [5.41, 5.74) is 0. The van der Waals surface area contributed by atoms with Crippen LogP contribution in [-0.4, -0.2) is 69.8 Å². The van der Waals surface area contributed by atoms with Gasteiger partial charge in [0.2, 0.25) is 5.91 Å². The number of hydrogen-bond acceptors (Lipinski definition) is 5.